The number of benzene rings is 2. The summed E-state index contributed by atoms with van der Waals surface area (Å²) in [6, 6.07) is 7.90. The fourth-order valence-electron chi connectivity index (χ4n) is 1.77. The summed E-state index contributed by atoms with van der Waals surface area (Å²) >= 11 is 9.22. The number of halogens is 3. The highest BCUT2D eigenvalue weighted by molar-refractivity contribution is 9.10. The minimum absolute atomic E-state index is 0.221. The first-order valence-electron chi connectivity index (χ1n) is 5.60. The van der Waals surface area contributed by atoms with Crippen LogP contribution in [0, 0.1) is 5.82 Å². The first kappa shape index (κ1) is 13.2. The number of aromatic nitrogens is 1. The maximum Gasteiger partial charge on any atom is 0.300 e. The van der Waals surface area contributed by atoms with Crippen LogP contribution in [0.25, 0.3) is 11.1 Å². The summed E-state index contributed by atoms with van der Waals surface area (Å²) in [4.78, 5) is 4.24. The molecule has 0 saturated carbocycles. The Morgan fingerprint density at radius 1 is 1.30 bits per heavy atom. The van der Waals surface area contributed by atoms with Crippen LogP contribution in [0.5, 0.6) is 0 Å². The molecular formula is C13H8BrClFN3O. The normalized spacial score (nSPS) is 10.9. The molecule has 0 radical (unpaired) electrons. The summed E-state index contributed by atoms with van der Waals surface area (Å²) in [6.45, 7) is 0. The highest BCUT2D eigenvalue weighted by Gasteiger charge is 2.12. The molecule has 1 aromatic heterocycles. The summed E-state index contributed by atoms with van der Waals surface area (Å²) in [5, 5.41) is 3.13. The summed E-state index contributed by atoms with van der Waals surface area (Å²) in [6.07, 6.45) is 0. The molecule has 0 aliphatic rings. The van der Waals surface area contributed by atoms with Crippen molar-refractivity contribution in [2.24, 2.45) is 0 Å². The van der Waals surface area contributed by atoms with Crippen LogP contribution in [-0.2, 0) is 0 Å². The summed E-state index contributed by atoms with van der Waals surface area (Å²) in [5.41, 5.74) is 7.97. The Morgan fingerprint density at radius 2 is 2.10 bits per heavy atom. The van der Waals surface area contributed by atoms with E-state index < -0.39 is 5.82 Å². The maximum absolute atomic E-state index is 13.2. The van der Waals surface area contributed by atoms with Gasteiger partial charge in [-0.2, -0.15) is 4.98 Å². The molecule has 0 unspecified atom stereocenters. The maximum atomic E-state index is 13.2. The molecule has 20 heavy (non-hydrogen) atoms. The zero-order chi connectivity index (χ0) is 14.3. The van der Waals surface area contributed by atoms with Crippen LogP contribution in [0.3, 0.4) is 0 Å². The van der Waals surface area contributed by atoms with Gasteiger partial charge in [0.25, 0.3) is 6.01 Å². The molecule has 0 saturated heterocycles. The van der Waals surface area contributed by atoms with Crippen molar-refractivity contribution in [1.82, 2.24) is 4.98 Å². The fraction of sp³-hybridized carbons (Fsp3) is 0. The molecule has 2 aromatic carbocycles. The van der Waals surface area contributed by atoms with Gasteiger partial charge in [0.15, 0.2) is 5.58 Å². The third kappa shape index (κ3) is 2.44. The SMILES string of the molecule is Nc1ccc2oc(Nc3c(Cl)cc(F)cc3Br)nc2c1. The van der Waals surface area contributed by atoms with E-state index in [0.717, 1.165) is 0 Å². The van der Waals surface area contributed by atoms with E-state index in [2.05, 4.69) is 26.2 Å². The molecule has 3 N–H and O–H groups in total. The van der Waals surface area contributed by atoms with Gasteiger partial charge in [-0.05, 0) is 46.3 Å². The van der Waals surface area contributed by atoms with Crippen molar-refractivity contribution in [3.63, 3.8) is 0 Å². The average Bonchev–Trinajstić information content (AvgIpc) is 2.75. The van der Waals surface area contributed by atoms with Crippen molar-refractivity contribution in [3.8, 4) is 0 Å². The van der Waals surface area contributed by atoms with Crippen molar-refractivity contribution in [2.45, 2.75) is 0 Å². The quantitative estimate of drug-likeness (QED) is 0.653. The van der Waals surface area contributed by atoms with Crippen molar-refractivity contribution in [2.75, 3.05) is 11.1 Å². The van der Waals surface area contributed by atoms with Crippen molar-refractivity contribution in [3.05, 3.63) is 45.6 Å². The third-order valence-corrected chi connectivity index (χ3v) is 3.57. The number of nitrogen functional groups attached to an aromatic ring is 1. The fourth-order valence-corrected chi connectivity index (χ4v) is 2.67. The van der Waals surface area contributed by atoms with Gasteiger partial charge < -0.3 is 15.5 Å². The Kier molecular flexibility index (Phi) is 3.27. The zero-order valence-corrected chi connectivity index (χ0v) is 12.3. The molecule has 7 heteroatoms. The third-order valence-electron chi connectivity index (χ3n) is 2.65. The summed E-state index contributed by atoms with van der Waals surface area (Å²) < 4.78 is 19.2. The predicted octanol–water partition coefficient (Wildman–Crippen LogP) is 4.71. The van der Waals surface area contributed by atoms with Crippen LogP contribution in [0.2, 0.25) is 5.02 Å². The lowest BCUT2D eigenvalue weighted by atomic mass is 10.3. The lowest BCUT2D eigenvalue weighted by Gasteiger charge is -2.07. The summed E-state index contributed by atoms with van der Waals surface area (Å²) in [7, 11) is 0. The second-order valence-electron chi connectivity index (χ2n) is 4.12. The van der Waals surface area contributed by atoms with Gasteiger partial charge in [0.1, 0.15) is 11.3 Å². The van der Waals surface area contributed by atoms with Crippen LogP contribution < -0.4 is 11.1 Å². The minimum Gasteiger partial charge on any atom is -0.423 e. The zero-order valence-electron chi connectivity index (χ0n) is 9.95. The number of nitrogens with zero attached hydrogens (tertiary/aromatic N) is 1. The molecular weight excluding hydrogens is 349 g/mol. The Hall–Kier alpha value is -1.79. The minimum atomic E-state index is -0.433. The standard InChI is InChI=1S/C13H8BrClFN3O/c14-8-3-6(16)4-9(15)12(8)19-13-18-10-5-7(17)1-2-11(10)20-13/h1-5H,17H2,(H,18,19). The Morgan fingerprint density at radius 3 is 2.85 bits per heavy atom. The second kappa shape index (κ2) is 4.96. The first-order valence-corrected chi connectivity index (χ1v) is 6.77. The van der Waals surface area contributed by atoms with Crippen LogP contribution in [0.4, 0.5) is 21.8 Å². The molecule has 3 aromatic rings. The highest BCUT2D eigenvalue weighted by atomic mass is 79.9. The second-order valence-corrected chi connectivity index (χ2v) is 5.38. The van der Waals surface area contributed by atoms with Crippen LogP contribution >= 0.6 is 27.5 Å². The summed E-state index contributed by atoms with van der Waals surface area (Å²) in [5.74, 6) is -0.433. The number of oxazole rings is 1. The van der Waals surface area contributed by atoms with E-state index >= 15 is 0 Å². The lowest BCUT2D eigenvalue weighted by Crippen LogP contribution is -1.93. The predicted molar refractivity (Wildman–Crippen MR) is 80.8 cm³/mol. The largest absolute Gasteiger partial charge is 0.423 e. The Bertz CT molecular complexity index is 782. The molecule has 0 spiro atoms. The van der Waals surface area contributed by atoms with E-state index in [1.165, 1.54) is 12.1 Å². The Balaban J connectivity index is 2.01. The Labute approximate surface area is 126 Å². The van der Waals surface area contributed by atoms with E-state index in [1.54, 1.807) is 18.2 Å². The van der Waals surface area contributed by atoms with Crippen molar-refractivity contribution < 1.29 is 8.81 Å². The van der Waals surface area contributed by atoms with Crippen LogP contribution in [0.15, 0.2) is 39.2 Å². The average molecular weight is 357 g/mol. The molecule has 3 rings (SSSR count). The van der Waals surface area contributed by atoms with E-state index in [4.69, 9.17) is 21.8 Å². The molecule has 0 aliphatic heterocycles. The lowest BCUT2D eigenvalue weighted by molar-refractivity contribution is 0.620. The molecule has 0 amide bonds. The van der Waals surface area contributed by atoms with E-state index in [-0.39, 0.29) is 11.0 Å². The topological polar surface area (TPSA) is 64.1 Å². The van der Waals surface area contributed by atoms with Gasteiger partial charge in [0.2, 0.25) is 0 Å². The van der Waals surface area contributed by atoms with Gasteiger partial charge in [-0.3, -0.25) is 0 Å². The molecule has 4 nitrogen and oxygen atoms in total. The van der Waals surface area contributed by atoms with Crippen LogP contribution in [0.1, 0.15) is 0 Å². The van der Waals surface area contributed by atoms with E-state index in [9.17, 15) is 4.39 Å². The monoisotopic (exact) mass is 355 g/mol. The number of hydrogen-bond acceptors (Lipinski definition) is 4. The highest BCUT2D eigenvalue weighted by Crippen LogP contribution is 2.34. The number of nitrogens with one attached hydrogen (secondary N) is 1. The number of rotatable bonds is 2. The van der Waals surface area contributed by atoms with Crippen molar-refractivity contribution >= 4 is 56.0 Å². The van der Waals surface area contributed by atoms with Gasteiger partial charge in [-0.15, -0.1) is 0 Å². The van der Waals surface area contributed by atoms with Gasteiger partial charge in [0, 0.05) is 10.2 Å². The molecule has 0 fully saturated rings. The molecule has 1 heterocycles. The molecule has 0 bridgehead atoms. The van der Waals surface area contributed by atoms with Crippen molar-refractivity contribution in [1.29, 1.82) is 0 Å². The van der Waals surface area contributed by atoms with Gasteiger partial charge >= 0.3 is 0 Å². The van der Waals surface area contributed by atoms with Gasteiger partial charge in [0.05, 0.1) is 10.7 Å². The van der Waals surface area contributed by atoms with Crippen LogP contribution in [-0.4, -0.2) is 4.98 Å². The smallest absolute Gasteiger partial charge is 0.300 e. The number of hydrogen-bond donors (Lipinski definition) is 2. The van der Waals surface area contributed by atoms with E-state index in [1.807, 2.05) is 0 Å². The van der Waals surface area contributed by atoms with E-state index in [0.29, 0.717) is 26.9 Å². The van der Waals surface area contributed by atoms with Gasteiger partial charge in [-0.1, -0.05) is 11.6 Å². The number of fused-ring (bicyclic) bond motifs is 1. The molecule has 102 valence electrons. The van der Waals surface area contributed by atoms with Gasteiger partial charge in [-0.25, -0.2) is 4.39 Å². The first-order chi connectivity index (χ1) is 9.52. The molecule has 0 atom stereocenters. The number of anilines is 3. The number of nitrogens with two attached hydrogens (primary N) is 1. The molecule has 0 aliphatic carbocycles.